The standard InChI is InChI=1S/C10H15N3O/c1-14-8-7-12-13-9-11-10-5-3-2-4-6-10/h2-6,9,12H,7-8H2,1H3,(H,11,13). The number of ether oxygens (including phenoxy) is 1. The molecule has 1 aromatic rings. The number of para-hydroxylation sites is 1. The van der Waals surface area contributed by atoms with Crippen LogP contribution in [0, 0.1) is 0 Å². The molecule has 76 valence electrons. The molecule has 0 aliphatic heterocycles. The molecule has 0 radical (unpaired) electrons. The molecule has 0 fully saturated rings. The van der Waals surface area contributed by atoms with E-state index in [0.29, 0.717) is 6.61 Å². The maximum absolute atomic E-state index is 4.86. The smallest absolute Gasteiger partial charge is 0.103 e. The predicted octanol–water partition coefficient (Wildman–Crippen LogP) is 1.09. The number of nitrogens with zero attached hydrogens (tertiary/aromatic N) is 1. The normalized spacial score (nSPS) is 10.6. The zero-order chi connectivity index (χ0) is 10.1. The van der Waals surface area contributed by atoms with E-state index >= 15 is 0 Å². The summed E-state index contributed by atoms with van der Waals surface area (Å²) < 4.78 is 4.86. The van der Waals surface area contributed by atoms with Crippen molar-refractivity contribution in [2.24, 2.45) is 4.99 Å². The number of rotatable bonds is 6. The van der Waals surface area contributed by atoms with Gasteiger partial charge in [0.05, 0.1) is 12.3 Å². The number of methoxy groups -OCH3 is 1. The van der Waals surface area contributed by atoms with Gasteiger partial charge in [-0.25, -0.2) is 10.4 Å². The second-order valence-corrected chi connectivity index (χ2v) is 2.66. The molecule has 0 spiro atoms. The summed E-state index contributed by atoms with van der Waals surface area (Å²) in [6.45, 7) is 1.42. The summed E-state index contributed by atoms with van der Waals surface area (Å²) in [5.74, 6) is 0. The van der Waals surface area contributed by atoms with Crippen molar-refractivity contribution in [2.75, 3.05) is 20.3 Å². The second-order valence-electron chi connectivity index (χ2n) is 2.66. The van der Waals surface area contributed by atoms with E-state index in [1.54, 1.807) is 13.4 Å². The Hall–Kier alpha value is -1.39. The third kappa shape index (κ3) is 4.59. The van der Waals surface area contributed by atoms with E-state index in [1.165, 1.54) is 0 Å². The SMILES string of the molecule is COCCNNC=Nc1ccccc1. The average Bonchev–Trinajstić information content (AvgIpc) is 2.25. The van der Waals surface area contributed by atoms with Gasteiger partial charge in [0, 0.05) is 13.7 Å². The Labute approximate surface area is 84.0 Å². The van der Waals surface area contributed by atoms with Gasteiger partial charge in [-0.2, -0.15) is 0 Å². The molecule has 14 heavy (non-hydrogen) atoms. The quantitative estimate of drug-likeness (QED) is 0.307. The Balaban J connectivity index is 2.15. The minimum atomic E-state index is 0.673. The summed E-state index contributed by atoms with van der Waals surface area (Å²) in [7, 11) is 1.67. The molecule has 4 nitrogen and oxygen atoms in total. The third-order valence-electron chi connectivity index (χ3n) is 1.57. The van der Waals surface area contributed by atoms with Crippen LogP contribution in [0.5, 0.6) is 0 Å². The van der Waals surface area contributed by atoms with Gasteiger partial charge < -0.3 is 10.2 Å². The summed E-state index contributed by atoms with van der Waals surface area (Å²) in [6, 6.07) is 9.74. The Morgan fingerprint density at radius 2 is 2.14 bits per heavy atom. The topological polar surface area (TPSA) is 45.6 Å². The molecule has 1 aromatic carbocycles. The molecule has 0 saturated carbocycles. The highest BCUT2D eigenvalue weighted by atomic mass is 16.5. The lowest BCUT2D eigenvalue weighted by molar-refractivity contribution is 0.198. The Morgan fingerprint density at radius 3 is 2.86 bits per heavy atom. The van der Waals surface area contributed by atoms with Gasteiger partial charge in [0.1, 0.15) is 6.34 Å². The van der Waals surface area contributed by atoms with Crippen molar-refractivity contribution in [1.82, 2.24) is 10.9 Å². The van der Waals surface area contributed by atoms with Gasteiger partial charge in [-0.3, -0.25) is 0 Å². The summed E-state index contributed by atoms with van der Waals surface area (Å²) in [4.78, 5) is 4.16. The van der Waals surface area contributed by atoms with E-state index < -0.39 is 0 Å². The summed E-state index contributed by atoms with van der Waals surface area (Å²) in [5.41, 5.74) is 6.70. The van der Waals surface area contributed by atoms with Crippen molar-refractivity contribution in [3.63, 3.8) is 0 Å². The fourth-order valence-corrected chi connectivity index (χ4v) is 0.892. The molecule has 0 atom stereocenters. The molecule has 0 bridgehead atoms. The van der Waals surface area contributed by atoms with Gasteiger partial charge in [0.25, 0.3) is 0 Å². The highest BCUT2D eigenvalue weighted by Gasteiger charge is 1.83. The third-order valence-corrected chi connectivity index (χ3v) is 1.57. The first kappa shape index (κ1) is 10.7. The van der Waals surface area contributed by atoms with E-state index in [4.69, 9.17) is 4.74 Å². The number of hydrogen-bond donors (Lipinski definition) is 2. The molecule has 0 aromatic heterocycles. The predicted molar refractivity (Wildman–Crippen MR) is 57.6 cm³/mol. The molecular formula is C10H15N3O. The minimum absolute atomic E-state index is 0.673. The number of nitrogens with one attached hydrogen (secondary N) is 2. The van der Waals surface area contributed by atoms with E-state index in [-0.39, 0.29) is 0 Å². The lowest BCUT2D eigenvalue weighted by Crippen LogP contribution is -2.33. The molecule has 0 saturated heterocycles. The molecule has 0 unspecified atom stereocenters. The van der Waals surface area contributed by atoms with Crippen molar-refractivity contribution in [3.05, 3.63) is 30.3 Å². The van der Waals surface area contributed by atoms with Gasteiger partial charge in [0.15, 0.2) is 0 Å². The lowest BCUT2D eigenvalue weighted by Gasteiger charge is -2.01. The molecule has 0 aliphatic rings. The monoisotopic (exact) mass is 193 g/mol. The van der Waals surface area contributed by atoms with Crippen molar-refractivity contribution in [1.29, 1.82) is 0 Å². The highest BCUT2D eigenvalue weighted by Crippen LogP contribution is 2.07. The van der Waals surface area contributed by atoms with E-state index in [9.17, 15) is 0 Å². The molecule has 4 heteroatoms. The molecule has 1 rings (SSSR count). The van der Waals surface area contributed by atoms with Gasteiger partial charge in [0.2, 0.25) is 0 Å². The van der Waals surface area contributed by atoms with Gasteiger partial charge in [-0.05, 0) is 12.1 Å². The van der Waals surface area contributed by atoms with Crippen molar-refractivity contribution < 1.29 is 4.74 Å². The van der Waals surface area contributed by atoms with Gasteiger partial charge in [-0.15, -0.1) is 0 Å². The summed E-state index contributed by atoms with van der Waals surface area (Å²) in [5, 5.41) is 0. The molecule has 0 heterocycles. The zero-order valence-electron chi connectivity index (χ0n) is 8.23. The van der Waals surface area contributed by atoms with E-state index in [0.717, 1.165) is 12.2 Å². The summed E-state index contributed by atoms with van der Waals surface area (Å²) in [6.07, 6.45) is 1.62. The first-order chi connectivity index (χ1) is 6.93. The van der Waals surface area contributed by atoms with Crippen LogP contribution >= 0.6 is 0 Å². The van der Waals surface area contributed by atoms with Crippen LogP contribution in [0.25, 0.3) is 0 Å². The first-order valence-corrected chi connectivity index (χ1v) is 4.48. The van der Waals surface area contributed by atoms with E-state index in [2.05, 4.69) is 15.8 Å². The summed E-state index contributed by atoms with van der Waals surface area (Å²) >= 11 is 0. The molecule has 0 aliphatic carbocycles. The van der Waals surface area contributed by atoms with Crippen LogP contribution in [0.2, 0.25) is 0 Å². The number of hydrogen-bond acceptors (Lipinski definition) is 3. The Kier molecular flexibility index (Phi) is 5.39. The van der Waals surface area contributed by atoms with Crippen LogP contribution in [-0.2, 0) is 4.74 Å². The molecular weight excluding hydrogens is 178 g/mol. The Morgan fingerprint density at radius 1 is 1.36 bits per heavy atom. The number of aliphatic imine (C=N–C) groups is 1. The van der Waals surface area contributed by atoms with Crippen molar-refractivity contribution in [3.8, 4) is 0 Å². The molecule has 0 amide bonds. The highest BCUT2D eigenvalue weighted by molar-refractivity contribution is 5.60. The van der Waals surface area contributed by atoms with Crippen molar-refractivity contribution >= 4 is 12.0 Å². The fraction of sp³-hybridized carbons (Fsp3) is 0.300. The van der Waals surface area contributed by atoms with Crippen molar-refractivity contribution in [2.45, 2.75) is 0 Å². The lowest BCUT2D eigenvalue weighted by atomic mass is 10.3. The second kappa shape index (κ2) is 7.06. The van der Waals surface area contributed by atoms with Gasteiger partial charge in [-0.1, -0.05) is 18.2 Å². The van der Waals surface area contributed by atoms with Crippen LogP contribution in [0.3, 0.4) is 0 Å². The zero-order valence-corrected chi connectivity index (χ0v) is 8.23. The Bertz CT molecular complexity index is 261. The van der Waals surface area contributed by atoms with Crippen LogP contribution in [0.15, 0.2) is 35.3 Å². The van der Waals surface area contributed by atoms with Crippen LogP contribution < -0.4 is 10.9 Å². The first-order valence-electron chi connectivity index (χ1n) is 4.48. The van der Waals surface area contributed by atoms with Gasteiger partial charge >= 0.3 is 0 Å². The van der Waals surface area contributed by atoms with Crippen LogP contribution in [-0.4, -0.2) is 26.6 Å². The van der Waals surface area contributed by atoms with Crippen LogP contribution in [0.4, 0.5) is 5.69 Å². The van der Waals surface area contributed by atoms with Crippen LogP contribution in [0.1, 0.15) is 0 Å². The van der Waals surface area contributed by atoms with E-state index in [1.807, 2.05) is 30.3 Å². The molecule has 2 N–H and O–H groups in total. The number of benzene rings is 1. The minimum Gasteiger partial charge on any atom is -0.383 e. The fourth-order valence-electron chi connectivity index (χ4n) is 0.892. The maximum atomic E-state index is 4.86. The average molecular weight is 193 g/mol. The largest absolute Gasteiger partial charge is 0.383 e. The number of hydrazine groups is 1. The maximum Gasteiger partial charge on any atom is 0.103 e.